The van der Waals surface area contributed by atoms with Gasteiger partial charge in [0.2, 0.25) is 5.78 Å². The van der Waals surface area contributed by atoms with Gasteiger partial charge < -0.3 is 13.9 Å². The highest BCUT2D eigenvalue weighted by Crippen LogP contribution is 2.50. The predicted molar refractivity (Wildman–Crippen MR) is 245 cm³/mol. The summed E-state index contributed by atoms with van der Waals surface area (Å²) in [5.74, 6) is 1.55. The highest BCUT2D eigenvalue weighted by Gasteiger charge is 2.49. The number of rotatable bonds is 9. The number of ether oxygens (including phenoxy) is 1. The Kier molecular flexibility index (Phi) is 7.13. The monoisotopic (exact) mass is 809 g/mol. The summed E-state index contributed by atoms with van der Waals surface area (Å²) in [6, 6.07) is 59.4. The fraction of sp³-hybridized carbons (Fsp3) is 0.0577. The fourth-order valence-corrected chi connectivity index (χ4v) is 14.4. The fourth-order valence-electron chi connectivity index (χ4n) is 9.49. The molecule has 0 radical (unpaired) electrons. The van der Waals surface area contributed by atoms with Gasteiger partial charge in [-0.2, -0.15) is 0 Å². The van der Waals surface area contributed by atoms with Crippen molar-refractivity contribution in [2.45, 2.75) is 18.4 Å². The van der Waals surface area contributed by atoms with Crippen LogP contribution in [0.3, 0.4) is 0 Å². The van der Waals surface area contributed by atoms with Crippen molar-refractivity contribution in [3.8, 4) is 17.2 Å². The molecule has 0 fully saturated rings. The number of imidazole rings is 4. The van der Waals surface area contributed by atoms with Crippen molar-refractivity contribution >= 4 is 56.7 Å². The minimum Gasteiger partial charge on any atom is -0.457 e. The Morgan fingerprint density at radius 2 is 1.15 bits per heavy atom. The average Bonchev–Trinajstić information content (AvgIpc) is 4.19. The molecule has 7 aromatic carbocycles. The first kappa shape index (κ1) is 31.2. The maximum atomic E-state index is 10.3. The predicted octanol–water partition coefficient (Wildman–Crippen LogP) is 7.99. The summed E-state index contributed by atoms with van der Waals surface area (Å²) in [5, 5.41) is 4.00. The Hall–Kier alpha value is -7.75. The van der Waals surface area contributed by atoms with E-state index in [4.69, 9.17) is 9.72 Å². The van der Waals surface area contributed by atoms with Crippen LogP contribution >= 0.6 is 0 Å². The van der Waals surface area contributed by atoms with Gasteiger partial charge in [0.25, 0.3) is 0 Å². The number of fused-ring (bicyclic) bond motifs is 7. The summed E-state index contributed by atoms with van der Waals surface area (Å²) in [6.45, 7) is -4.97. The SMILES string of the molecule is [2H]C([2H])(n1ccnc1)C1(C([2H])([2H])n2ccnc2)c2ccccc2Oc2c1cccc2[Si](c1ccccc1)(c1ccccc1)c1cccc(-n2c3ccccc3n3c4ccccc4nc23)c1. The first-order valence-corrected chi connectivity index (χ1v) is 22.2. The molecule has 0 aliphatic carbocycles. The number of aromatic nitrogens is 7. The second-order valence-corrected chi connectivity index (χ2v) is 19.1. The first-order chi connectivity index (χ1) is 31.8. The second kappa shape index (κ2) is 13.9. The topological polar surface area (TPSA) is 67.1 Å². The van der Waals surface area contributed by atoms with E-state index >= 15 is 0 Å². The van der Waals surface area contributed by atoms with Crippen LogP contribution in [0.2, 0.25) is 0 Å². The van der Waals surface area contributed by atoms with Crippen molar-refractivity contribution < 1.29 is 10.2 Å². The molecule has 0 atom stereocenters. The molecule has 8 nitrogen and oxygen atoms in total. The third-order valence-electron chi connectivity index (χ3n) is 12.0. The maximum Gasteiger partial charge on any atom is 0.220 e. The van der Waals surface area contributed by atoms with Crippen LogP contribution < -0.4 is 25.5 Å². The van der Waals surface area contributed by atoms with Crippen LogP contribution in [-0.2, 0) is 18.4 Å². The molecule has 292 valence electrons. The molecular formula is C52H39N7OSi. The van der Waals surface area contributed by atoms with Crippen LogP contribution in [0, 0.1) is 0 Å². The molecule has 0 saturated carbocycles. The van der Waals surface area contributed by atoms with Crippen molar-refractivity contribution in [2.75, 3.05) is 0 Å². The molecule has 61 heavy (non-hydrogen) atoms. The van der Waals surface area contributed by atoms with Crippen LogP contribution in [0.1, 0.15) is 16.6 Å². The number of hydrogen-bond donors (Lipinski definition) is 0. The molecule has 4 aromatic heterocycles. The summed E-state index contributed by atoms with van der Waals surface area (Å²) in [7, 11) is -3.57. The smallest absolute Gasteiger partial charge is 0.220 e. The molecule has 12 rings (SSSR count). The van der Waals surface area contributed by atoms with Crippen LogP contribution in [-0.4, -0.2) is 41.1 Å². The van der Waals surface area contributed by atoms with Gasteiger partial charge >= 0.3 is 0 Å². The van der Waals surface area contributed by atoms with Gasteiger partial charge in [0.15, 0.2) is 8.07 Å². The Balaban J connectivity index is 1.22. The largest absolute Gasteiger partial charge is 0.457 e. The molecule has 0 spiro atoms. The summed E-state index contributed by atoms with van der Waals surface area (Å²) in [5.41, 5.74) is 3.51. The van der Waals surface area contributed by atoms with E-state index < -0.39 is 26.5 Å². The van der Waals surface area contributed by atoms with Gasteiger partial charge in [-0.25, -0.2) is 15.0 Å². The highest BCUT2D eigenvalue weighted by atomic mass is 28.3. The van der Waals surface area contributed by atoms with Crippen LogP contribution in [0.15, 0.2) is 213 Å². The van der Waals surface area contributed by atoms with E-state index in [1.54, 1.807) is 18.5 Å². The number of para-hydroxylation sites is 6. The van der Waals surface area contributed by atoms with Gasteiger partial charge in [-0.3, -0.25) is 8.97 Å². The minimum absolute atomic E-state index is 0.353. The zero-order chi connectivity index (χ0) is 44.0. The van der Waals surface area contributed by atoms with E-state index in [0.29, 0.717) is 22.6 Å². The van der Waals surface area contributed by atoms with Gasteiger partial charge in [0.05, 0.1) is 45.6 Å². The molecule has 0 saturated heterocycles. The molecule has 0 unspecified atom stereocenters. The standard InChI is InChI=1S/C52H39N7OSi/c1-3-16-39(17-4-1)61(40-18-5-2-6-19-40,41-20-13-15-38(33-41)58-46-25-10-11-26-47(46)59-45-24-9-8-23-44(45)55-51(58)59)49-28-14-22-43-50(49)60-48-27-12-7-21-42(48)52(43,34-56-31-29-53-36-56)35-57-32-30-54-37-57/h1-33,36-37H,34-35H2/i34D2,35D2. The molecule has 11 aromatic rings. The van der Waals surface area contributed by atoms with Crippen molar-refractivity contribution in [3.05, 3.63) is 224 Å². The number of benzene rings is 7. The lowest BCUT2D eigenvalue weighted by Crippen LogP contribution is -2.75. The van der Waals surface area contributed by atoms with E-state index in [-0.39, 0.29) is 0 Å². The highest BCUT2D eigenvalue weighted by molar-refractivity contribution is 7.20. The quantitative estimate of drug-likeness (QED) is 0.110. The molecule has 9 heteroatoms. The minimum atomic E-state index is -3.57. The molecule has 1 aliphatic heterocycles. The van der Waals surface area contributed by atoms with Gasteiger partial charge in [-0.1, -0.05) is 133 Å². The van der Waals surface area contributed by atoms with Gasteiger partial charge in [-0.05, 0) is 63.2 Å². The van der Waals surface area contributed by atoms with Gasteiger partial charge in [0, 0.05) is 54.6 Å². The third kappa shape index (κ3) is 5.33. The molecule has 0 amide bonds. The van der Waals surface area contributed by atoms with E-state index in [1.165, 1.54) is 34.2 Å². The molecule has 0 N–H and O–H groups in total. The zero-order valence-corrected chi connectivity index (χ0v) is 33.7. The number of nitrogens with zero attached hydrogens (tertiary/aromatic N) is 7. The lowest BCUT2D eigenvalue weighted by Gasteiger charge is -2.43. The van der Waals surface area contributed by atoms with E-state index in [2.05, 4.69) is 128 Å². The number of hydrogen-bond acceptors (Lipinski definition) is 4. The van der Waals surface area contributed by atoms with E-state index in [1.807, 2.05) is 60.7 Å². The van der Waals surface area contributed by atoms with Crippen LogP contribution in [0.5, 0.6) is 11.5 Å². The summed E-state index contributed by atoms with van der Waals surface area (Å²) in [6.07, 6.45) is 8.97. The average molecular weight is 810 g/mol. The summed E-state index contributed by atoms with van der Waals surface area (Å²) < 4.78 is 55.6. The van der Waals surface area contributed by atoms with Crippen molar-refractivity contribution in [2.24, 2.45) is 0 Å². The maximum absolute atomic E-state index is 10.3. The Bertz CT molecular complexity index is 3470. The van der Waals surface area contributed by atoms with Crippen molar-refractivity contribution in [3.63, 3.8) is 0 Å². The lowest BCUT2D eigenvalue weighted by molar-refractivity contribution is 0.322. The third-order valence-corrected chi connectivity index (χ3v) is 16.8. The van der Waals surface area contributed by atoms with Crippen molar-refractivity contribution in [1.82, 2.24) is 33.1 Å². The van der Waals surface area contributed by atoms with Crippen LogP contribution in [0.4, 0.5) is 0 Å². The summed E-state index contributed by atoms with van der Waals surface area (Å²) >= 11 is 0. The molecule has 1 aliphatic rings. The normalized spacial score (nSPS) is 14.8. The second-order valence-electron chi connectivity index (χ2n) is 15.3. The summed E-state index contributed by atoms with van der Waals surface area (Å²) in [4.78, 5) is 13.8. The zero-order valence-electron chi connectivity index (χ0n) is 36.7. The van der Waals surface area contributed by atoms with Crippen molar-refractivity contribution in [1.29, 1.82) is 0 Å². The van der Waals surface area contributed by atoms with Gasteiger partial charge in [0.1, 0.15) is 11.5 Å². The molecule has 5 heterocycles. The Morgan fingerprint density at radius 1 is 0.557 bits per heavy atom. The molecular weight excluding hydrogens is 767 g/mol. The van der Waals surface area contributed by atoms with E-state index in [0.717, 1.165) is 54.3 Å². The lowest BCUT2D eigenvalue weighted by atomic mass is 9.72. The van der Waals surface area contributed by atoms with E-state index in [9.17, 15) is 5.48 Å². The van der Waals surface area contributed by atoms with Gasteiger partial charge in [-0.15, -0.1) is 0 Å². The first-order valence-electron chi connectivity index (χ1n) is 22.2. The Morgan fingerprint density at radius 3 is 1.85 bits per heavy atom. The Labute approximate surface area is 358 Å². The van der Waals surface area contributed by atoms with Crippen LogP contribution in [0.25, 0.3) is 33.5 Å². The molecule has 0 bridgehead atoms.